The summed E-state index contributed by atoms with van der Waals surface area (Å²) < 4.78 is 0.990. The molecule has 0 aliphatic heterocycles. The van der Waals surface area contributed by atoms with Crippen LogP contribution in [0.3, 0.4) is 0 Å². The second-order valence-electron chi connectivity index (χ2n) is 5.01. The topological polar surface area (TPSA) is 61.4 Å². The first-order valence-electron chi connectivity index (χ1n) is 6.55. The molecule has 0 heterocycles. The molecule has 1 aliphatic carbocycles. The molecule has 2 amide bonds. The summed E-state index contributed by atoms with van der Waals surface area (Å²) in [6, 6.07) is 7.64. The predicted octanol–water partition coefficient (Wildman–Crippen LogP) is 2.55. The molecule has 0 radical (unpaired) electrons. The minimum atomic E-state index is -0.188. The fourth-order valence-electron chi connectivity index (χ4n) is 2.36. The van der Waals surface area contributed by atoms with E-state index in [1.165, 1.54) is 0 Å². The van der Waals surface area contributed by atoms with Gasteiger partial charge in [0.1, 0.15) is 0 Å². The maximum Gasteiger partial charge on any atom is 0.315 e. The molecule has 0 aromatic heterocycles. The largest absolute Gasteiger partial charge is 0.396 e. The molecule has 19 heavy (non-hydrogen) atoms. The van der Waals surface area contributed by atoms with E-state index in [9.17, 15) is 4.79 Å². The Balaban J connectivity index is 1.83. The lowest BCUT2D eigenvalue weighted by Gasteiger charge is -2.42. The molecular formula is C14H19BrN2O2. The van der Waals surface area contributed by atoms with Crippen molar-refractivity contribution in [3.63, 3.8) is 0 Å². The van der Waals surface area contributed by atoms with Gasteiger partial charge in [-0.15, -0.1) is 0 Å². The first-order chi connectivity index (χ1) is 9.15. The van der Waals surface area contributed by atoms with Crippen LogP contribution < -0.4 is 10.6 Å². The molecular weight excluding hydrogens is 308 g/mol. The maximum atomic E-state index is 11.9. The lowest BCUT2D eigenvalue weighted by atomic mass is 9.74. The van der Waals surface area contributed by atoms with Gasteiger partial charge in [-0.3, -0.25) is 0 Å². The van der Waals surface area contributed by atoms with Crippen molar-refractivity contribution < 1.29 is 9.90 Å². The highest BCUT2D eigenvalue weighted by atomic mass is 79.9. The SMILES string of the molecule is O=C(NCc1ccccc1Br)NC1(CCO)CCC1. The van der Waals surface area contributed by atoms with Crippen molar-refractivity contribution >= 4 is 22.0 Å². The van der Waals surface area contributed by atoms with Crippen molar-refractivity contribution in [2.45, 2.75) is 37.8 Å². The van der Waals surface area contributed by atoms with Crippen molar-refractivity contribution in [2.24, 2.45) is 0 Å². The quantitative estimate of drug-likeness (QED) is 0.778. The summed E-state index contributed by atoms with van der Waals surface area (Å²) in [5.74, 6) is 0. The van der Waals surface area contributed by atoms with Crippen LogP contribution in [0.2, 0.25) is 0 Å². The summed E-state index contributed by atoms with van der Waals surface area (Å²) in [5, 5.41) is 14.9. The molecule has 0 atom stereocenters. The highest BCUT2D eigenvalue weighted by molar-refractivity contribution is 9.10. The zero-order valence-electron chi connectivity index (χ0n) is 10.8. The number of carbonyl (C=O) groups excluding carboxylic acids is 1. The minimum Gasteiger partial charge on any atom is -0.396 e. The van der Waals surface area contributed by atoms with E-state index < -0.39 is 0 Å². The summed E-state index contributed by atoms with van der Waals surface area (Å²) >= 11 is 3.45. The number of urea groups is 1. The van der Waals surface area contributed by atoms with Crippen molar-refractivity contribution in [2.75, 3.05) is 6.61 Å². The molecule has 1 saturated carbocycles. The van der Waals surface area contributed by atoms with E-state index >= 15 is 0 Å². The van der Waals surface area contributed by atoms with Crippen LogP contribution in [0.4, 0.5) is 4.79 Å². The molecule has 1 fully saturated rings. The number of aliphatic hydroxyl groups excluding tert-OH is 1. The van der Waals surface area contributed by atoms with Gasteiger partial charge in [0, 0.05) is 23.2 Å². The maximum absolute atomic E-state index is 11.9. The summed E-state index contributed by atoms with van der Waals surface area (Å²) in [7, 11) is 0. The van der Waals surface area contributed by atoms with Crippen LogP contribution in [0.5, 0.6) is 0 Å². The summed E-state index contributed by atoms with van der Waals surface area (Å²) in [4.78, 5) is 11.9. The zero-order valence-corrected chi connectivity index (χ0v) is 12.4. The van der Waals surface area contributed by atoms with Crippen LogP contribution >= 0.6 is 15.9 Å². The summed E-state index contributed by atoms with van der Waals surface area (Å²) in [6.45, 7) is 0.604. The van der Waals surface area contributed by atoms with Gasteiger partial charge in [0.15, 0.2) is 0 Å². The Bertz CT molecular complexity index is 447. The second-order valence-corrected chi connectivity index (χ2v) is 5.86. The molecule has 0 unspecified atom stereocenters. The van der Waals surface area contributed by atoms with Crippen LogP contribution in [-0.2, 0) is 6.54 Å². The minimum absolute atomic E-state index is 0.116. The van der Waals surface area contributed by atoms with Gasteiger partial charge in [-0.05, 0) is 37.3 Å². The molecule has 1 aromatic carbocycles. The number of carbonyl (C=O) groups is 1. The number of rotatable bonds is 5. The fraction of sp³-hybridized carbons (Fsp3) is 0.500. The highest BCUT2D eigenvalue weighted by Crippen LogP contribution is 2.34. The van der Waals surface area contributed by atoms with E-state index in [1.54, 1.807) is 0 Å². The van der Waals surface area contributed by atoms with Crippen LogP contribution in [0.1, 0.15) is 31.2 Å². The average Bonchev–Trinajstić information content (AvgIpc) is 2.35. The van der Waals surface area contributed by atoms with Crippen LogP contribution in [0.15, 0.2) is 28.7 Å². The summed E-state index contributed by atoms with van der Waals surface area (Å²) in [6.07, 6.45) is 3.66. The van der Waals surface area contributed by atoms with E-state index in [-0.39, 0.29) is 18.2 Å². The molecule has 0 saturated heterocycles. The molecule has 1 aliphatic rings. The molecule has 104 valence electrons. The number of hydrogen-bond donors (Lipinski definition) is 3. The Kier molecular flexibility index (Phi) is 4.82. The first kappa shape index (κ1) is 14.3. The van der Waals surface area contributed by atoms with Crippen LogP contribution in [0.25, 0.3) is 0 Å². The Morgan fingerprint density at radius 3 is 2.68 bits per heavy atom. The van der Waals surface area contributed by atoms with Gasteiger partial charge in [0.25, 0.3) is 0 Å². The van der Waals surface area contributed by atoms with Crippen molar-refractivity contribution in [1.82, 2.24) is 10.6 Å². The number of benzene rings is 1. The summed E-state index contributed by atoms with van der Waals surface area (Å²) in [5.41, 5.74) is 0.856. The average molecular weight is 327 g/mol. The molecule has 3 N–H and O–H groups in total. The number of aliphatic hydroxyl groups is 1. The molecule has 0 spiro atoms. The van der Waals surface area contributed by atoms with Gasteiger partial charge in [-0.2, -0.15) is 0 Å². The Morgan fingerprint density at radius 1 is 1.37 bits per heavy atom. The van der Waals surface area contributed by atoms with E-state index in [0.717, 1.165) is 29.3 Å². The molecule has 4 nitrogen and oxygen atoms in total. The van der Waals surface area contributed by atoms with Gasteiger partial charge >= 0.3 is 6.03 Å². The lowest BCUT2D eigenvalue weighted by molar-refractivity contribution is 0.135. The third-order valence-corrected chi connectivity index (χ3v) is 4.45. The number of hydrogen-bond acceptors (Lipinski definition) is 2. The molecule has 1 aromatic rings. The van der Waals surface area contributed by atoms with Crippen LogP contribution in [0, 0.1) is 0 Å². The number of amides is 2. The Hall–Kier alpha value is -1.07. The monoisotopic (exact) mass is 326 g/mol. The number of halogens is 1. The van der Waals surface area contributed by atoms with Gasteiger partial charge in [0.05, 0.1) is 0 Å². The molecule has 0 bridgehead atoms. The number of nitrogens with one attached hydrogen (secondary N) is 2. The third-order valence-electron chi connectivity index (χ3n) is 3.68. The molecule has 2 rings (SSSR count). The third kappa shape index (κ3) is 3.70. The van der Waals surface area contributed by atoms with Crippen molar-refractivity contribution in [3.8, 4) is 0 Å². The lowest BCUT2D eigenvalue weighted by Crippen LogP contribution is -2.56. The smallest absolute Gasteiger partial charge is 0.315 e. The standard InChI is InChI=1S/C14H19BrN2O2/c15-12-5-2-1-4-11(12)10-16-13(19)17-14(8-9-18)6-3-7-14/h1-2,4-5,18H,3,6-10H2,(H2,16,17,19). The first-order valence-corrected chi connectivity index (χ1v) is 7.35. The van der Waals surface area contributed by atoms with Gasteiger partial charge in [-0.1, -0.05) is 34.1 Å². The second kappa shape index (κ2) is 6.39. The van der Waals surface area contributed by atoms with Crippen LogP contribution in [-0.4, -0.2) is 23.3 Å². The highest BCUT2D eigenvalue weighted by Gasteiger charge is 2.37. The van der Waals surface area contributed by atoms with E-state index in [0.29, 0.717) is 13.0 Å². The van der Waals surface area contributed by atoms with E-state index in [2.05, 4.69) is 26.6 Å². The zero-order chi connectivity index (χ0) is 13.7. The molecule has 5 heteroatoms. The normalized spacial score (nSPS) is 16.5. The predicted molar refractivity (Wildman–Crippen MR) is 77.8 cm³/mol. The van der Waals surface area contributed by atoms with Crippen molar-refractivity contribution in [3.05, 3.63) is 34.3 Å². The van der Waals surface area contributed by atoms with E-state index in [1.807, 2.05) is 24.3 Å². The van der Waals surface area contributed by atoms with E-state index in [4.69, 9.17) is 5.11 Å². The van der Waals surface area contributed by atoms with Gasteiger partial charge < -0.3 is 15.7 Å². The fourth-order valence-corrected chi connectivity index (χ4v) is 2.78. The van der Waals surface area contributed by atoms with Crippen molar-refractivity contribution in [1.29, 1.82) is 0 Å². The Morgan fingerprint density at radius 2 is 2.11 bits per heavy atom. The van der Waals surface area contributed by atoms with Gasteiger partial charge in [-0.25, -0.2) is 4.79 Å². The van der Waals surface area contributed by atoms with Gasteiger partial charge in [0.2, 0.25) is 0 Å². The Labute approximate surface area is 121 Å².